The van der Waals surface area contributed by atoms with Gasteiger partial charge in [-0.05, 0) is 42.0 Å². The molecular formula is C25H26N2O7. The summed E-state index contributed by atoms with van der Waals surface area (Å²) in [7, 11) is 0. The molecule has 9 heteroatoms. The second kappa shape index (κ2) is 9.54. The van der Waals surface area contributed by atoms with Crippen LogP contribution in [0.5, 0.6) is 0 Å². The number of alkyl carbamates (subject to hydrolysis) is 1. The van der Waals surface area contributed by atoms with Crippen molar-refractivity contribution in [2.75, 3.05) is 19.8 Å². The van der Waals surface area contributed by atoms with E-state index in [1.54, 1.807) is 6.92 Å². The molecule has 1 fully saturated rings. The average Bonchev–Trinajstić information content (AvgIpc) is 3.57. The molecule has 3 N–H and O–H groups in total. The molecule has 1 unspecified atom stereocenters. The van der Waals surface area contributed by atoms with Crippen LogP contribution in [0.3, 0.4) is 0 Å². The molecule has 1 saturated carbocycles. The number of carboxylic acids is 1. The molecule has 2 amide bonds. The summed E-state index contributed by atoms with van der Waals surface area (Å²) in [4.78, 5) is 48.8. The van der Waals surface area contributed by atoms with Crippen molar-refractivity contribution in [1.29, 1.82) is 0 Å². The minimum Gasteiger partial charge on any atom is -0.481 e. The number of carbonyl (C=O) groups excluding carboxylic acids is 3. The largest absolute Gasteiger partial charge is 0.481 e. The second-order valence-corrected chi connectivity index (χ2v) is 8.46. The molecule has 2 aromatic carbocycles. The molecule has 0 aliphatic heterocycles. The third-order valence-corrected chi connectivity index (χ3v) is 6.30. The summed E-state index contributed by atoms with van der Waals surface area (Å²) in [5.74, 6) is -2.99. The lowest BCUT2D eigenvalue weighted by atomic mass is 9.98. The quantitative estimate of drug-likeness (QED) is 0.382. The minimum atomic E-state index is -1.65. The molecule has 1 atom stereocenters. The Bertz CT molecular complexity index is 1080. The number of carbonyl (C=O) groups is 4. The Morgan fingerprint density at radius 3 is 2.12 bits per heavy atom. The van der Waals surface area contributed by atoms with Crippen LogP contribution in [0.25, 0.3) is 11.1 Å². The molecule has 0 aromatic heterocycles. The third-order valence-electron chi connectivity index (χ3n) is 6.30. The van der Waals surface area contributed by atoms with Gasteiger partial charge < -0.3 is 19.9 Å². The predicted octanol–water partition coefficient (Wildman–Crippen LogP) is 2.44. The SMILES string of the molecule is CCOC(=O)C(NC(=O)OCC1c2ccccc2-c2ccccc21)C(=O)NCC1(C(=O)O)CC1. The average molecular weight is 466 g/mol. The molecule has 178 valence electrons. The van der Waals surface area contributed by atoms with Crippen molar-refractivity contribution in [3.05, 3.63) is 59.7 Å². The highest BCUT2D eigenvalue weighted by molar-refractivity contribution is 6.04. The Balaban J connectivity index is 1.41. The molecule has 34 heavy (non-hydrogen) atoms. The molecular weight excluding hydrogens is 440 g/mol. The zero-order valence-electron chi connectivity index (χ0n) is 18.7. The fourth-order valence-electron chi connectivity index (χ4n) is 4.19. The Morgan fingerprint density at radius 1 is 1.00 bits per heavy atom. The van der Waals surface area contributed by atoms with E-state index in [2.05, 4.69) is 10.6 Å². The number of ether oxygens (including phenoxy) is 2. The number of hydrogen-bond donors (Lipinski definition) is 3. The molecule has 2 aliphatic carbocycles. The summed E-state index contributed by atoms with van der Waals surface area (Å²) < 4.78 is 10.3. The van der Waals surface area contributed by atoms with Crippen molar-refractivity contribution < 1.29 is 33.8 Å². The molecule has 0 saturated heterocycles. The summed E-state index contributed by atoms with van der Waals surface area (Å²) in [5, 5.41) is 14.0. The van der Waals surface area contributed by atoms with E-state index in [1.807, 2.05) is 48.5 Å². The van der Waals surface area contributed by atoms with E-state index in [0.29, 0.717) is 12.8 Å². The normalized spacial score (nSPS) is 15.9. The number of carboxylic acid groups (broad SMARTS) is 1. The molecule has 0 heterocycles. The van der Waals surface area contributed by atoms with Gasteiger partial charge in [0.2, 0.25) is 6.04 Å². The zero-order chi connectivity index (χ0) is 24.3. The Hall–Kier alpha value is -3.88. The molecule has 9 nitrogen and oxygen atoms in total. The summed E-state index contributed by atoms with van der Waals surface area (Å²) in [6, 6.07) is 14.1. The van der Waals surface area contributed by atoms with E-state index in [9.17, 15) is 24.3 Å². The van der Waals surface area contributed by atoms with Crippen LogP contribution in [0.1, 0.15) is 36.8 Å². The second-order valence-electron chi connectivity index (χ2n) is 8.46. The summed E-state index contributed by atoms with van der Waals surface area (Å²) in [6.07, 6.45) is -0.0756. The molecule has 2 aliphatic rings. The first-order chi connectivity index (χ1) is 16.4. The highest BCUT2D eigenvalue weighted by Crippen LogP contribution is 2.45. The van der Waals surface area contributed by atoms with Crippen LogP contribution in [-0.4, -0.2) is 54.8 Å². The zero-order valence-corrected chi connectivity index (χ0v) is 18.7. The third kappa shape index (κ3) is 4.59. The van der Waals surface area contributed by atoms with Gasteiger partial charge in [0.1, 0.15) is 6.61 Å². The van der Waals surface area contributed by atoms with E-state index in [-0.39, 0.29) is 25.7 Å². The number of esters is 1. The van der Waals surface area contributed by atoms with E-state index in [1.165, 1.54) is 0 Å². The van der Waals surface area contributed by atoms with Crippen molar-refractivity contribution in [3.8, 4) is 11.1 Å². The fourth-order valence-corrected chi connectivity index (χ4v) is 4.19. The first-order valence-electron chi connectivity index (χ1n) is 11.2. The van der Waals surface area contributed by atoms with Crippen LogP contribution in [0.15, 0.2) is 48.5 Å². The van der Waals surface area contributed by atoms with Crippen LogP contribution < -0.4 is 10.6 Å². The number of fused-ring (bicyclic) bond motifs is 3. The van der Waals surface area contributed by atoms with Gasteiger partial charge in [-0.2, -0.15) is 0 Å². The Morgan fingerprint density at radius 2 is 1.59 bits per heavy atom. The highest BCUT2D eigenvalue weighted by Gasteiger charge is 2.50. The van der Waals surface area contributed by atoms with Gasteiger partial charge in [-0.25, -0.2) is 9.59 Å². The first kappa shape index (κ1) is 23.3. The molecule has 0 bridgehead atoms. The van der Waals surface area contributed by atoms with Gasteiger partial charge in [-0.3, -0.25) is 14.9 Å². The van der Waals surface area contributed by atoms with Gasteiger partial charge in [0.15, 0.2) is 0 Å². The van der Waals surface area contributed by atoms with E-state index in [4.69, 9.17) is 9.47 Å². The van der Waals surface area contributed by atoms with Gasteiger partial charge in [0, 0.05) is 12.5 Å². The van der Waals surface area contributed by atoms with Crippen molar-refractivity contribution >= 4 is 23.9 Å². The van der Waals surface area contributed by atoms with Crippen molar-refractivity contribution in [2.45, 2.75) is 31.7 Å². The van der Waals surface area contributed by atoms with Crippen molar-refractivity contribution in [2.24, 2.45) is 5.41 Å². The number of hydrogen-bond acceptors (Lipinski definition) is 6. The van der Waals surface area contributed by atoms with Gasteiger partial charge in [-0.15, -0.1) is 0 Å². The number of nitrogens with one attached hydrogen (secondary N) is 2. The van der Waals surface area contributed by atoms with Gasteiger partial charge in [0.05, 0.1) is 12.0 Å². The maximum atomic E-state index is 12.6. The molecule has 0 spiro atoms. The van der Waals surface area contributed by atoms with E-state index >= 15 is 0 Å². The van der Waals surface area contributed by atoms with Gasteiger partial charge in [0.25, 0.3) is 5.91 Å². The van der Waals surface area contributed by atoms with Crippen LogP contribution in [-0.2, 0) is 23.9 Å². The first-order valence-corrected chi connectivity index (χ1v) is 11.2. The van der Waals surface area contributed by atoms with Crippen LogP contribution in [0.4, 0.5) is 4.79 Å². The smallest absolute Gasteiger partial charge is 0.408 e. The minimum absolute atomic E-state index is 0.00798. The molecule has 0 radical (unpaired) electrons. The number of aliphatic carboxylic acids is 1. The maximum Gasteiger partial charge on any atom is 0.408 e. The maximum absolute atomic E-state index is 12.6. The lowest BCUT2D eigenvalue weighted by Crippen LogP contribution is -2.53. The van der Waals surface area contributed by atoms with E-state index < -0.39 is 35.4 Å². The predicted molar refractivity (Wildman–Crippen MR) is 121 cm³/mol. The van der Waals surface area contributed by atoms with Crippen molar-refractivity contribution in [3.63, 3.8) is 0 Å². The monoisotopic (exact) mass is 466 g/mol. The standard InChI is InChI=1S/C25H26N2O7/c1-2-33-22(29)20(21(28)26-14-25(11-12-25)23(30)31)27-24(32)34-13-19-17-9-5-3-7-15(17)16-8-4-6-10-18(16)19/h3-10,19-20H,2,11-14H2,1H3,(H,26,28)(H,27,32)(H,30,31). The summed E-state index contributed by atoms with van der Waals surface area (Å²) >= 11 is 0. The summed E-state index contributed by atoms with van der Waals surface area (Å²) in [6.45, 7) is 1.46. The van der Waals surface area contributed by atoms with Crippen molar-refractivity contribution in [1.82, 2.24) is 10.6 Å². The molecule has 2 aromatic rings. The van der Waals surface area contributed by atoms with Gasteiger partial charge in [-0.1, -0.05) is 48.5 Å². The lowest BCUT2D eigenvalue weighted by Gasteiger charge is -2.19. The highest BCUT2D eigenvalue weighted by atomic mass is 16.6. The number of benzene rings is 2. The Labute approximate surface area is 196 Å². The summed E-state index contributed by atoms with van der Waals surface area (Å²) in [5.41, 5.74) is 3.18. The topological polar surface area (TPSA) is 131 Å². The van der Waals surface area contributed by atoms with Crippen LogP contribution >= 0.6 is 0 Å². The number of amides is 2. The number of rotatable bonds is 9. The molecule has 4 rings (SSSR count). The van der Waals surface area contributed by atoms with Gasteiger partial charge >= 0.3 is 18.0 Å². The van der Waals surface area contributed by atoms with Crippen LogP contribution in [0, 0.1) is 5.41 Å². The fraction of sp³-hybridized carbons (Fsp3) is 0.360. The Kier molecular flexibility index (Phi) is 6.54. The van der Waals surface area contributed by atoms with E-state index in [0.717, 1.165) is 22.3 Å². The van der Waals surface area contributed by atoms with Crippen LogP contribution in [0.2, 0.25) is 0 Å². The lowest BCUT2D eigenvalue weighted by molar-refractivity contribution is -0.149.